The van der Waals surface area contributed by atoms with Gasteiger partial charge in [0.2, 0.25) is 5.91 Å². The van der Waals surface area contributed by atoms with Crippen molar-refractivity contribution in [1.82, 2.24) is 9.13 Å². The highest BCUT2D eigenvalue weighted by atomic mass is 16.2. The molecule has 0 atom stereocenters. The van der Waals surface area contributed by atoms with Crippen molar-refractivity contribution in [2.45, 2.75) is 19.8 Å². The van der Waals surface area contributed by atoms with Crippen molar-refractivity contribution >= 4 is 22.6 Å². The van der Waals surface area contributed by atoms with Crippen molar-refractivity contribution < 1.29 is 4.79 Å². The number of fused-ring (bicyclic) bond motifs is 1. The molecule has 0 fully saturated rings. The van der Waals surface area contributed by atoms with Crippen LogP contribution in [0.1, 0.15) is 22.3 Å². The molecule has 3 aromatic rings. The van der Waals surface area contributed by atoms with Gasteiger partial charge in [-0.1, -0.05) is 29.8 Å². The van der Waals surface area contributed by atoms with Crippen molar-refractivity contribution in [3.8, 4) is 0 Å². The van der Waals surface area contributed by atoms with Crippen molar-refractivity contribution in [2.24, 2.45) is 7.05 Å². The molecule has 2 aromatic carbocycles. The van der Waals surface area contributed by atoms with Crippen LogP contribution in [0.15, 0.2) is 47.3 Å². The number of hydrogen-bond acceptors (Lipinski definition) is 3. The van der Waals surface area contributed by atoms with Crippen LogP contribution in [0.25, 0.3) is 11.0 Å². The number of benzene rings is 2. The van der Waals surface area contributed by atoms with Gasteiger partial charge in [0, 0.05) is 19.2 Å². The molecule has 0 radical (unpaired) electrons. The van der Waals surface area contributed by atoms with Gasteiger partial charge in [-0.05, 0) is 37.1 Å². The van der Waals surface area contributed by atoms with Gasteiger partial charge in [0.1, 0.15) is 0 Å². The zero-order chi connectivity index (χ0) is 16.6. The summed E-state index contributed by atoms with van der Waals surface area (Å²) in [6.45, 7) is 2.02. The van der Waals surface area contributed by atoms with E-state index in [1.165, 1.54) is 14.7 Å². The third-order valence-electron chi connectivity index (χ3n) is 4.08. The molecular formula is C18H19N3O2. The summed E-state index contributed by atoms with van der Waals surface area (Å²) < 4.78 is 2.69. The fraction of sp³-hybridized carbons (Fsp3) is 0.222. The number of aryl methyl sites for hydroxylation is 3. The minimum atomic E-state index is -0.334. The molecule has 0 aliphatic heterocycles. The second-order valence-electron chi connectivity index (χ2n) is 5.80. The van der Waals surface area contributed by atoms with E-state index in [2.05, 4.69) is 0 Å². The molecule has 0 amide bonds. The number of carbonyl (C=O) groups is 1. The molecule has 5 heteroatoms. The Hall–Kier alpha value is -2.82. The van der Waals surface area contributed by atoms with Gasteiger partial charge < -0.3 is 5.73 Å². The summed E-state index contributed by atoms with van der Waals surface area (Å²) in [5.74, 6) is -0.216. The summed E-state index contributed by atoms with van der Waals surface area (Å²) in [4.78, 5) is 24.9. The van der Waals surface area contributed by atoms with E-state index < -0.39 is 0 Å². The lowest BCUT2D eigenvalue weighted by molar-refractivity contribution is 0.0903. The third-order valence-corrected chi connectivity index (χ3v) is 4.08. The Kier molecular flexibility index (Phi) is 3.78. The van der Waals surface area contributed by atoms with Crippen LogP contribution in [0.2, 0.25) is 0 Å². The van der Waals surface area contributed by atoms with Crippen LogP contribution < -0.4 is 11.4 Å². The highest BCUT2D eigenvalue weighted by Crippen LogP contribution is 2.17. The molecular weight excluding hydrogens is 290 g/mol. The smallest absolute Gasteiger partial charge is 0.335 e. The molecule has 0 saturated carbocycles. The maximum absolute atomic E-state index is 12.6. The van der Waals surface area contributed by atoms with Crippen LogP contribution >= 0.6 is 0 Å². The van der Waals surface area contributed by atoms with Gasteiger partial charge >= 0.3 is 5.69 Å². The zero-order valence-electron chi connectivity index (χ0n) is 13.2. The van der Waals surface area contributed by atoms with Crippen LogP contribution in [0.3, 0.4) is 0 Å². The fourth-order valence-electron chi connectivity index (χ4n) is 2.72. The van der Waals surface area contributed by atoms with E-state index in [1.807, 2.05) is 31.2 Å². The number of aromatic nitrogens is 2. The molecule has 0 bridgehead atoms. The van der Waals surface area contributed by atoms with Gasteiger partial charge in [-0.3, -0.25) is 9.36 Å². The van der Waals surface area contributed by atoms with E-state index in [9.17, 15) is 9.59 Å². The number of imidazole rings is 1. The number of nitrogen functional groups attached to an aromatic ring is 1. The Labute approximate surface area is 134 Å². The van der Waals surface area contributed by atoms with E-state index >= 15 is 0 Å². The van der Waals surface area contributed by atoms with Crippen LogP contribution in [0.5, 0.6) is 0 Å². The molecule has 0 saturated heterocycles. The van der Waals surface area contributed by atoms with E-state index in [0.29, 0.717) is 23.1 Å². The summed E-state index contributed by atoms with van der Waals surface area (Å²) in [5.41, 5.74) is 9.52. The van der Waals surface area contributed by atoms with Crippen LogP contribution in [-0.2, 0) is 13.5 Å². The molecule has 23 heavy (non-hydrogen) atoms. The Morgan fingerprint density at radius 2 is 1.78 bits per heavy atom. The first kappa shape index (κ1) is 15.1. The third kappa shape index (κ3) is 2.77. The van der Waals surface area contributed by atoms with Crippen molar-refractivity contribution in [2.75, 3.05) is 5.73 Å². The molecule has 0 spiro atoms. The van der Waals surface area contributed by atoms with Gasteiger partial charge in [0.15, 0.2) is 0 Å². The Morgan fingerprint density at radius 1 is 1.09 bits per heavy atom. The summed E-state index contributed by atoms with van der Waals surface area (Å²) in [7, 11) is 1.66. The molecule has 0 aliphatic carbocycles. The van der Waals surface area contributed by atoms with Crippen LogP contribution in [0, 0.1) is 6.92 Å². The number of hydrogen-bond donors (Lipinski definition) is 1. The zero-order valence-corrected chi connectivity index (χ0v) is 13.2. The number of nitrogens with zero attached hydrogens (tertiary/aromatic N) is 2. The summed E-state index contributed by atoms with van der Waals surface area (Å²) in [6, 6.07) is 13.2. The fourth-order valence-corrected chi connectivity index (χ4v) is 2.72. The normalized spacial score (nSPS) is 11.0. The molecule has 1 aromatic heterocycles. The van der Waals surface area contributed by atoms with Crippen molar-refractivity contribution in [3.05, 3.63) is 64.1 Å². The first-order chi connectivity index (χ1) is 11.0. The minimum absolute atomic E-state index is 0.216. The number of rotatable bonds is 3. The second-order valence-corrected chi connectivity index (χ2v) is 5.80. The summed E-state index contributed by atoms with van der Waals surface area (Å²) in [6.07, 6.45) is 0.876. The van der Waals surface area contributed by atoms with Gasteiger partial charge in [-0.2, -0.15) is 0 Å². The SMILES string of the molecule is Cc1ccc(CCC(=O)n2c(=O)n(C)c3ccc(N)cc32)cc1. The number of anilines is 1. The maximum atomic E-state index is 12.6. The average Bonchev–Trinajstić information content (AvgIpc) is 2.77. The molecule has 3 rings (SSSR count). The van der Waals surface area contributed by atoms with E-state index in [0.717, 1.165) is 5.56 Å². The van der Waals surface area contributed by atoms with Crippen molar-refractivity contribution in [1.29, 1.82) is 0 Å². The number of carbonyl (C=O) groups excluding carboxylic acids is 1. The van der Waals surface area contributed by atoms with E-state index in [4.69, 9.17) is 5.73 Å². The van der Waals surface area contributed by atoms with Gasteiger partial charge in [0.05, 0.1) is 11.0 Å². The molecule has 0 aliphatic rings. The molecule has 118 valence electrons. The standard InChI is InChI=1S/C18H19N3O2/c1-12-3-5-13(6-4-12)7-10-17(22)21-16-11-14(19)8-9-15(16)20(2)18(21)23/h3-6,8-9,11H,7,10,19H2,1-2H3. The molecule has 1 heterocycles. The van der Waals surface area contributed by atoms with Crippen molar-refractivity contribution in [3.63, 3.8) is 0 Å². The largest absolute Gasteiger partial charge is 0.399 e. The minimum Gasteiger partial charge on any atom is -0.399 e. The lowest BCUT2D eigenvalue weighted by atomic mass is 10.1. The lowest BCUT2D eigenvalue weighted by Gasteiger charge is -2.04. The molecule has 5 nitrogen and oxygen atoms in total. The maximum Gasteiger partial charge on any atom is 0.335 e. The highest BCUT2D eigenvalue weighted by molar-refractivity contribution is 5.91. The molecule has 2 N–H and O–H groups in total. The van der Waals surface area contributed by atoms with E-state index in [1.54, 1.807) is 25.2 Å². The topological polar surface area (TPSA) is 70.0 Å². The predicted molar refractivity (Wildman–Crippen MR) is 91.7 cm³/mol. The van der Waals surface area contributed by atoms with E-state index in [-0.39, 0.29) is 18.0 Å². The van der Waals surface area contributed by atoms with Gasteiger partial charge in [-0.25, -0.2) is 9.36 Å². The Balaban J connectivity index is 1.92. The highest BCUT2D eigenvalue weighted by Gasteiger charge is 2.16. The average molecular weight is 309 g/mol. The lowest BCUT2D eigenvalue weighted by Crippen LogP contribution is -2.27. The monoisotopic (exact) mass is 309 g/mol. The first-order valence-electron chi connectivity index (χ1n) is 7.53. The first-order valence-corrected chi connectivity index (χ1v) is 7.53. The van der Waals surface area contributed by atoms with Crippen LogP contribution in [-0.4, -0.2) is 15.0 Å². The van der Waals surface area contributed by atoms with Gasteiger partial charge in [-0.15, -0.1) is 0 Å². The Bertz CT molecular complexity index is 933. The predicted octanol–water partition coefficient (Wildman–Crippen LogP) is 2.50. The van der Waals surface area contributed by atoms with Crippen LogP contribution in [0.4, 0.5) is 5.69 Å². The Morgan fingerprint density at radius 3 is 2.48 bits per heavy atom. The quantitative estimate of drug-likeness (QED) is 0.756. The summed E-state index contributed by atoms with van der Waals surface area (Å²) in [5, 5.41) is 0. The molecule has 0 unspecified atom stereocenters. The second kappa shape index (κ2) is 5.76. The van der Waals surface area contributed by atoms with Gasteiger partial charge in [0.25, 0.3) is 0 Å². The number of nitrogens with two attached hydrogens (primary N) is 1. The summed E-state index contributed by atoms with van der Waals surface area (Å²) >= 11 is 0.